The van der Waals surface area contributed by atoms with Crippen LogP contribution in [0.1, 0.15) is 44.7 Å². The highest BCUT2D eigenvalue weighted by Crippen LogP contribution is 2.37. The number of hydrogen-bond acceptors (Lipinski definition) is 13. The molecule has 15 heteroatoms. The number of carbonyl (C=O) groups excluding carboxylic acids is 1. The van der Waals surface area contributed by atoms with Gasteiger partial charge in [0.2, 0.25) is 5.75 Å². The van der Waals surface area contributed by atoms with Crippen molar-refractivity contribution in [1.82, 2.24) is 15.4 Å². The number of aromatic nitrogens is 2. The molecule has 1 heterocycles. The van der Waals surface area contributed by atoms with E-state index in [9.17, 15) is 13.2 Å². The highest BCUT2D eigenvalue weighted by Gasteiger charge is 2.23. The lowest BCUT2D eigenvalue weighted by molar-refractivity contribution is -0.492. The summed E-state index contributed by atoms with van der Waals surface area (Å²) < 4.78 is 51.1. The molecular formula is C28H36N4O10S. The third-order valence-corrected chi connectivity index (χ3v) is 7.13. The van der Waals surface area contributed by atoms with E-state index in [-0.39, 0.29) is 60.4 Å². The molecule has 0 aliphatic rings. The number of methoxy groups -OCH3 is 1. The van der Waals surface area contributed by atoms with Crippen LogP contribution in [0.2, 0.25) is 0 Å². The van der Waals surface area contributed by atoms with E-state index in [1.165, 1.54) is 12.1 Å². The van der Waals surface area contributed by atoms with E-state index >= 15 is 0 Å². The molecule has 0 saturated carbocycles. The van der Waals surface area contributed by atoms with E-state index in [1.807, 2.05) is 26.8 Å². The molecule has 14 nitrogen and oxygen atoms in total. The van der Waals surface area contributed by atoms with Gasteiger partial charge in [0.15, 0.2) is 5.82 Å². The van der Waals surface area contributed by atoms with Crippen LogP contribution in [0.15, 0.2) is 59.8 Å². The molecule has 0 atom stereocenters. The molecule has 0 spiro atoms. The number of ether oxygens (including phenoxy) is 4. The number of sulfonamides is 1. The van der Waals surface area contributed by atoms with Crippen molar-refractivity contribution in [3.63, 3.8) is 0 Å². The lowest BCUT2D eigenvalue weighted by Crippen LogP contribution is -2.17. The van der Waals surface area contributed by atoms with Crippen LogP contribution in [0, 0.1) is 0 Å². The molecular weight excluding hydrogens is 584 g/mol. The molecule has 0 aliphatic carbocycles. The standard InChI is InChI=1S/C28H36N4O10S/c1-28(2,3)21-10-12-23(13-11-21)43(36,37)31-26-25(42-22-8-5-7-20(17-22)18-38-4)27(30-19-29-26)40-16-15-39-24(33)9-6-14-41-32(34)35/h5,7-8,10-13,17,19,34-35H,6,9,14-16,18H2,1-4H3,(H,29,30,31). The SMILES string of the molecule is COCc1cccc(Oc2c(NS(=O)(=O)c3ccc(C(C)(C)C)cc3)ncnc2OCCOC(=O)CCCON(O)O)c1. The van der Waals surface area contributed by atoms with Gasteiger partial charge in [0.05, 0.1) is 23.5 Å². The maximum Gasteiger partial charge on any atom is 0.305 e. The number of nitrogens with one attached hydrogen (secondary N) is 1. The predicted octanol–water partition coefficient (Wildman–Crippen LogP) is 4.23. The summed E-state index contributed by atoms with van der Waals surface area (Å²) in [4.78, 5) is 24.5. The number of carbonyl (C=O) groups is 1. The maximum absolute atomic E-state index is 13.3. The Labute approximate surface area is 250 Å². The Kier molecular flexibility index (Phi) is 12.2. The summed E-state index contributed by atoms with van der Waals surface area (Å²) >= 11 is 0. The smallest absolute Gasteiger partial charge is 0.305 e. The minimum Gasteiger partial charge on any atom is -0.471 e. The van der Waals surface area contributed by atoms with Gasteiger partial charge in [-0.3, -0.25) is 24.8 Å². The van der Waals surface area contributed by atoms with Crippen LogP contribution in [-0.4, -0.2) is 67.1 Å². The number of esters is 1. The van der Waals surface area contributed by atoms with E-state index in [2.05, 4.69) is 19.5 Å². The predicted molar refractivity (Wildman–Crippen MR) is 152 cm³/mol. The Bertz CT molecular complexity index is 1440. The van der Waals surface area contributed by atoms with Crippen molar-refractivity contribution in [2.75, 3.05) is 31.7 Å². The summed E-state index contributed by atoms with van der Waals surface area (Å²) in [6, 6.07) is 13.5. The quantitative estimate of drug-likeness (QED) is 0.118. The molecule has 0 amide bonds. The largest absolute Gasteiger partial charge is 0.471 e. The Balaban J connectivity index is 1.79. The van der Waals surface area contributed by atoms with Gasteiger partial charge in [0, 0.05) is 13.5 Å². The monoisotopic (exact) mass is 620 g/mol. The molecule has 3 rings (SSSR count). The van der Waals surface area contributed by atoms with Crippen molar-refractivity contribution in [2.24, 2.45) is 0 Å². The zero-order valence-electron chi connectivity index (χ0n) is 24.3. The van der Waals surface area contributed by atoms with Gasteiger partial charge in [-0.1, -0.05) is 45.0 Å². The first kappa shape index (κ1) is 33.6. The summed E-state index contributed by atoms with van der Waals surface area (Å²) in [5.41, 5.74) is 1.63. The normalized spacial score (nSPS) is 11.8. The third kappa shape index (κ3) is 10.7. The molecule has 1 aromatic heterocycles. The van der Waals surface area contributed by atoms with Gasteiger partial charge in [-0.2, -0.15) is 4.98 Å². The van der Waals surface area contributed by atoms with Gasteiger partial charge in [-0.15, -0.1) is 0 Å². The van der Waals surface area contributed by atoms with Crippen molar-refractivity contribution >= 4 is 21.8 Å². The van der Waals surface area contributed by atoms with Crippen molar-refractivity contribution in [3.05, 3.63) is 66.0 Å². The number of rotatable bonds is 16. The van der Waals surface area contributed by atoms with Crippen LogP contribution in [-0.2, 0) is 41.2 Å². The molecule has 234 valence electrons. The summed E-state index contributed by atoms with van der Waals surface area (Å²) in [6.07, 6.45) is 1.27. The van der Waals surface area contributed by atoms with Crippen LogP contribution >= 0.6 is 0 Å². The second-order valence-electron chi connectivity index (χ2n) is 10.2. The average molecular weight is 621 g/mol. The van der Waals surface area contributed by atoms with Gasteiger partial charge in [0.25, 0.3) is 15.9 Å². The van der Waals surface area contributed by atoms with Crippen molar-refractivity contribution in [3.8, 4) is 17.4 Å². The van der Waals surface area contributed by atoms with Crippen LogP contribution in [0.4, 0.5) is 5.82 Å². The van der Waals surface area contributed by atoms with Crippen LogP contribution in [0.5, 0.6) is 17.4 Å². The number of anilines is 1. The van der Waals surface area contributed by atoms with Crippen molar-refractivity contribution < 1.29 is 47.4 Å². The van der Waals surface area contributed by atoms with Crippen LogP contribution < -0.4 is 14.2 Å². The number of benzene rings is 2. The van der Waals surface area contributed by atoms with Gasteiger partial charge in [-0.25, -0.2) is 13.4 Å². The Hall–Kier alpha value is -3.86. The summed E-state index contributed by atoms with van der Waals surface area (Å²) in [6.45, 7) is 6.02. The molecule has 0 aliphatic heterocycles. The van der Waals surface area contributed by atoms with E-state index < -0.39 is 21.4 Å². The molecule has 0 fully saturated rings. The van der Waals surface area contributed by atoms with Gasteiger partial charge in [-0.05, 0) is 47.2 Å². The molecule has 0 saturated heterocycles. The van der Waals surface area contributed by atoms with Crippen molar-refractivity contribution in [2.45, 2.75) is 50.5 Å². The minimum atomic E-state index is -4.09. The first-order valence-electron chi connectivity index (χ1n) is 13.2. The molecule has 3 N–H and O–H groups in total. The lowest BCUT2D eigenvalue weighted by atomic mass is 9.87. The van der Waals surface area contributed by atoms with E-state index in [4.69, 9.17) is 29.4 Å². The summed E-state index contributed by atoms with van der Waals surface area (Å²) in [5, 5.41) is 16.6. The van der Waals surface area contributed by atoms with Gasteiger partial charge in [0.1, 0.15) is 25.3 Å². The highest BCUT2D eigenvalue weighted by molar-refractivity contribution is 7.92. The highest BCUT2D eigenvalue weighted by atomic mass is 32.2. The van der Waals surface area contributed by atoms with E-state index in [0.29, 0.717) is 12.4 Å². The second kappa shape index (κ2) is 15.6. The average Bonchev–Trinajstić information content (AvgIpc) is 2.94. The van der Waals surface area contributed by atoms with Crippen molar-refractivity contribution in [1.29, 1.82) is 0 Å². The molecule has 3 aromatic rings. The summed E-state index contributed by atoms with van der Waals surface area (Å²) in [5.74, 6) is -0.575. The third-order valence-electron chi connectivity index (χ3n) is 5.78. The first-order chi connectivity index (χ1) is 20.4. The molecule has 0 unspecified atom stereocenters. The van der Waals surface area contributed by atoms with Crippen LogP contribution in [0.25, 0.3) is 0 Å². The number of hydrogen-bond donors (Lipinski definition) is 3. The topological polar surface area (TPSA) is 179 Å². The zero-order chi connectivity index (χ0) is 31.5. The lowest BCUT2D eigenvalue weighted by Gasteiger charge is -2.19. The fraction of sp³-hybridized carbons (Fsp3) is 0.393. The fourth-order valence-electron chi connectivity index (χ4n) is 3.66. The van der Waals surface area contributed by atoms with E-state index in [1.54, 1.807) is 37.4 Å². The summed E-state index contributed by atoms with van der Waals surface area (Å²) in [7, 11) is -2.53. The van der Waals surface area contributed by atoms with Crippen LogP contribution in [0.3, 0.4) is 0 Å². The molecule has 0 bridgehead atoms. The Morgan fingerprint density at radius 1 is 1.02 bits per heavy atom. The number of nitrogens with zero attached hydrogens (tertiary/aromatic N) is 3. The van der Waals surface area contributed by atoms with Gasteiger partial charge < -0.3 is 18.9 Å². The Morgan fingerprint density at radius 2 is 1.77 bits per heavy atom. The molecule has 2 aromatic carbocycles. The second-order valence-corrected chi connectivity index (χ2v) is 11.9. The minimum absolute atomic E-state index is 0.0256. The Morgan fingerprint density at radius 3 is 2.44 bits per heavy atom. The maximum atomic E-state index is 13.3. The molecule has 0 radical (unpaired) electrons. The molecule has 43 heavy (non-hydrogen) atoms. The first-order valence-corrected chi connectivity index (χ1v) is 14.7. The fourth-order valence-corrected chi connectivity index (χ4v) is 4.67. The van der Waals surface area contributed by atoms with E-state index in [0.717, 1.165) is 17.5 Å². The van der Waals surface area contributed by atoms with Gasteiger partial charge >= 0.3 is 5.97 Å². The zero-order valence-corrected chi connectivity index (χ0v) is 25.2.